The van der Waals surface area contributed by atoms with Crippen molar-refractivity contribution in [3.8, 4) is 5.75 Å². The topological polar surface area (TPSA) is 50.7 Å². The van der Waals surface area contributed by atoms with Gasteiger partial charge in [-0.3, -0.25) is 0 Å². The van der Waals surface area contributed by atoms with Crippen LogP contribution in [0.1, 0.15) is 19.4 Å². The van der Waals surface area contributed by atoms with Crippen LogP contribution in [0.15, 0.2) is 24.3 Å². The van der Waals surface area contributed by atoms with Gasteiger partial charge in [0.25, 0.3) is 0 Å². The molecule has 0 radical (unpaired) electrons. The van der Waals surface area contributed by atoms with E-state index in [1.54, 1.807) is 7.11 Å². The Morgan fingerprint density at radius 1 is 1.15 bits per heavy atom. The van der Waals surface area contributed by atoms with E-state index in [1.807, 2.05) is 31.2 Å². The summed E-state index contributed by atoms with van der Waals surface area (Å²) in [7, 11) is 1.69. The van der Waals surface area contributed by atoms with E-state index >= 15 is 0 Å². The zero-order valence-electron chi connectivity index (χ0n) is 12.9. The van der Waals surface area contributed by atoms with Crippen molar-refractivity contribution in [3.63, 3.8) is 0 Å². The van der Waals surface area contributed by atoms with Gasteiger partial charge in [-0.1, -0.05) is 31.5 Å². The summed E-state index contributed by atoms with van der Waals surface area (Å²) in [6, 6.07) is 8.06. The van der Waals surface area contributed by atoms with Gasteiger partial charge in [0, 0.05) is 19.7 Å². The molecule has 1 aromatic carbocycles. The maximum absolute atomic E-state index is 9.94. The number of rotatable bonds is 9. The van der Waals surface area contributed by atoms with Gasteiger partial charge in [0.1, 0.15) is 18.5 Å². The van der Waals surface area contributed by atoms with E-state index < -0.39 is 6.10 Å². The predicted octanol–water partition coefficient (Wildman–Crippen LogP) is 2.00. The molecule has 0 heterocycles. The van der Waals surface area contributed by atoms with Crippen molar-refractivity contribution >= 4 is 0 Å². The Bertz CT molecular complexity index is 364. The number of aryl methyl sites for hydroxylation is 1. The molecule has 0 fully saturated rings. The number of benzene rings is 1. The first kappa shape index (κ1) is 17.0. The minimum atomic E-state index is -0.533. The zero-order valence-corrected chi connectivity index (χ0v) is 12.9. The molecule has 20 heavy (non-hydrogen) atoms. The Morgan fingerprint density at radius 2 is 1.80 bits per heavy atom. The monoisotopic (exact) mass is 281 g/mol. The fourth-order valence-corrected chi connectivity index (χ4v) is 1.84. The Morgan fingerprint density at radius 3 is 2.35 bits per heavy atom. The quantitative estimate of drug-likeness (QED) is 0.727. The Labute approximate surface area is 122 Å². The van der Waals surface area contributed by atoms with Gasteiger partial charge in [0.05, 0.1) is 6.61 Å². The summed E-state index contributed by atoms with van der Waals surface area (Å²) in [6.07, 6.45) is -0.533. The highest BCUT2D eigenvalue weighted by molar-refractivity contribution is 5.26. The molecule has 1 aromatic rings. The second-order valence-corrected chi connectivity index (χ2v) is 5.49. The summed E-state index contributed by atoms with van der Waals surface area (Å²) in [5.74, 6) is 1.24. The van der Waals surface area contributed by atoms with Crippen molar-refractivity contribution in [3.05, 3.63) is 29.8 Å². The van der Waals surface area contributed by atoms with Gasteiger partial charge in [-0.05, 0) is 25.0 Å². The van der Waals surface area contributed by atoms with Crippen molar-refractivity contribution in [1.29, 1.82) is 0 Å². The fourth-order valence-electron chi connectivity index (χ4n) is 1.84. The molecule has 0 aromatic heterocycles. The smallest absolute Gasteiger partial charge is 0.119 e. The molecule has 0 aliphatic carbocycles. The zero-order chi connectivity index (χ0) is 15.0. The highest BCUT2D eigenvalue weighted by Gasteiger charge is 2.14. The van der Waals surface area contributed by atoms with E-state index in [-0.39, 0.29) is 12.6 Å². The van der Waals surface area contributed by atoms with Crippen LogP contribution in [-0.4, -0.2) is 44.1 Å². The first-order valence-corrected chi connectivity index (χ1v) is 7.12. The van der Waals surface area contributed by atoms with E-state index in [2.05, 4.69) is 19.2 Å². The van der Waals surface area contributed by atoms with Gasteiger partial charge in [-0.15, -0.1) is 0 Å². The van der Waals surface area contributed by atoms with Gasteiger partial charge in [-0.25, -0.2) is 0 Å². The normalized spacial score (nSPS) is 14.3. The third-order valence-corrected chi connectivity index (χ3v) is 3.23. The van der Waals surface area contributed by atoms with Gasteiger partial charge in [0.15, 0.2) is 0 Å². The molecule has 0 bridgehead atoms. The highest BCUT2D eigenvalue weighted by Crippen LogP contribution is 2.11. The largest absolute Gasteiger partial charge is 0.491 e. The molecule has 0 amide bonds. The van der Waals surface area contributed by atoms with Crippen LogP contribution in [-0.2, 0) is 4.74 Å². The van der Waals surface area contributed by atoms with Crippen LogP contribution in [0, 0.1) is 12.8 Å². The van der Waals surface area contributed by atoms with Crippen LogP contribution in [0.4, 0.5) is 0 Å². The molecule has 0 saturated heterocycles. The lowest BCUT2D eigenvalue weighted by Crippen LogP contribution is -2.43. The van der Waals surface area contributed by atoms with Gasteiger partial charge in [0.2, 0.25) is 0 Å². The molecule has 2 atom stereocenters. The van der Waals surface area contributed by atoms with Gasteiger partial charge in [-0.2, -0.15) is 0 Å². The number of aliphatic hydroxyl groups is 1. The summed E-state index contributed by atoms with van der Waals surface area (Å²) in [5.41, 5.74) is 1.19. The minimum absolute atomic E-state index is 0.244. The Kier molecular flexibility index (Phi) is 7.59. The molecule has 0 aliphatic rings. The van der Waals surface area contributed by atoms with Crippen molar-refractivity contribution in [2.45, 2.75) is 32.9 Å². The Hall–Kier alpha value is -1.10. The lowest BCUT2D eigenvalue weighted by molar-refractivity contribution is 0.0901. The first-order chi connectivity index (χ1) is 9.52. The molecule has 2 unspecified atom stereocenters. The number of hydrogen-bond donors (Lipinski definition) is 2. The van der Waals surface area contributed by atoms with Crippen LogP contribution in [0.25, 0.3) is 0 Å². The van der Waals surface area contributed by atoms with Crippen molar-refractivity contribution in [2.24, 2.45) is 5.92 Å². The van der Waals surface area contributed by atoms with Crippen LogP contribution in [0.2, 0.25) is 0 Å². The fraction of sp³-hybridized carbons (Fsp3) is 0.625. The van der Waals surface area contributed by atoms with Crippen molar-refractivity contribution < 1.29 is 14.6 Å². The highest BCUT2D eigenvalue weighted by atomic mass is 16.5. The SMILES string of the molecule is COCC(NCC(O)COc1ccc(C)cc1)C(C)C. The van der Waals surface area contributed by atoms with Crippen LogP contribution in [0.5, 0.6) is 5.75 Å². The number of ether oxygens (including phenoxy) is 2. The lowest BCUT2D eigenvalue weighted by atomic mass is 10.1. The minimum Gasteiger partial charge on any atom is -0.491 e. The van der Waals surface area contributed by atoms with Crippen LogP contribution < -0.4 is 10.1 Å². The number of nitrogens with one attached hydrogen (secondary N) is 1. The van der Waals surface area contributed by atoms with Gasteiger partial charge < -0.3 is 19.9 Å². The molecule has 4 heteroatoms. The second-order valence-electron chi connectivity index (χ2n) is 5.49. The van der Waals surface area contributed by atoms with Crippen LogP contribution in [0.3, 0.4) is 0 Å². The number of hydrogen-bond acceptors (Lipinski definition) is 4. The third-order valence-electron chi connectivity index (χ3n) is 3.23. The van der Waals surface area contributed by atoms with Crippen LogP contribution >= 0.6 is 0 Å². The van der Waals surface area contributed by atoms with E-state index in [0.717, 1.165) is 5.75 Å². The van der Waals surface area contributed by atoms with E-state index in [4.69, 9.17) is 9.47 Å². The molecule has 114 valence electrons. The predicted molar refractivity (Wildman–Crippen MR) is 81.2 cm³/mol. The van der Waals surface area contributed by atoms with E-state index in [1.165, 1.54) is 5.56 Å². The maximum atomic E-state index is 9.94. The summed E-state index contributed by atoms with van der Waals surface area (Å²) < 4.78 is 10.7. The molecule has 0 spiro atoms. The summed E-state index contributed by atoms with van der Waals surface area (Å²) >= 11 is 0. The Balaban J connectivity index is 2.28. The average Bonchev–Trinajstić information content (AvgIpc) is 2.42. The third kappa shape index (κ3) is 6.37. The molecule has 1 rings (SSSR count). The standard InChI is InChI=1S/C16H27NO3/c1-12(2)16(11-19-4)17-9-14(18)10-20-15-7-5-13(3)6-8-15/h5-8,12,14,16-18H,9-11H2,1-4H3. The summed E-state index contributed by atoms with van der Waals surface area (Å²) in [4.78, 5) is 0. The number of methoxy groups -OCH3 is 1. The van der Waals surface area contributed by atoms with Gasteiger partial charge >= 0.3 is 0 Å². The van der Waals surface area contributed by atoms with E-state index in [0.29, 0.717) is 19.1 Å². The first-order valence-electron chi connectivity index (χ1n) is 7.12. The molecular weight excluding hydrogens is 254 g/mol. The van der Waals surface area contributed by atoms with E-state index in [9.17, 15) is 5.11 Å². The second kappa shape index (κ2) is 8.95. The van der Waals surface area contributed by atoms with Crippen molar-refractivity contribution in [1.82, 2.24) is 5.32 Å². The van der Waals surface area contributed by atoms with Crippen molar-refractivity contribution in [2.75, 3.05) is 26.9 Å². The lowest BCUT2D eigenvalue weighted by Gasteiger charge is -2.23. The summed E-state index contributed by atoms with van der Waals surface area (Å²) in [5, 5.41) is 13.2. The average molecular weight is 281 g/mol. The number of aliphatic hydroxyl groups excluding tert-OH is 1. The molecule has 0 aliphatic heterocycles. The molecule has 4 nitrogen and oxygen atoms in total. The molecule has 2 N–H and O–H groups in total. The molecule has 0 saturated carbocycles. The summed E-state index contributed by atoms with van der Waals surface area (Å²) in [6.45, 7) is 7.72. The maximum Gasteiger partial charge on any atom is 0.119 e. The molecular formula is C16H27NO3.